The number of benzene rings is 3. The molecule has 0 aliphatic heterocycles. The van der Waals surface area contributed by atoms with Gasteiger partial charge in [0.25, 0.3) is 11.8 Å². The Balaban J connectivity index is 1.53. The summed E-state index contributed by atoms with van der Waals surface area (Å²) in [6, 6.07) is 20.1. The topological polar surface area (TPSA) is 115 Å². The lowest BCUT2D eigenvalue weighted by Crippen LogP contribution is -2.34. The molecular weight excluding hydrogens is 462 g/mol. The predicted molar refractivity (Wildman–Crippen MR) is 135 cm³/mol. The fraction of sp³-hybridized carbons (Fsp3) is 0.185. The van der Waals surface area contributed by atoms with E-state index in [1.54, 1.807) is 66.7 Å². The van der Waals surface area contributed by atoms with E-state index in [0.29, 0.717) is 41.4 Å². The van der Waals surface area contributed by atoms with Crippen molar-refractivity contribution >= 4 is 24.0 Å². The van der Waals surface area contributed by atoms with Crippen LogP contribution in [0.2, 0.25) is 0 Å². The minimum atomic E-state index is -0.502. The first-order valence-corrected chi connectivity index (χ1v) is 11.4. The Morgan fingerprint density at radius 3 is 2.25 bits per heavy atom. The third-order valence-electron chi connectivity index (χ3n) is 4.72. The number of carbonyl (C=O) groups excluding carboxylic acids is 3. The zero-order chi connectivity index (χ0) is 25.8. The molecule has 0 unspecified atom stereocenters. The number of carbonyl (C=O) groups is 3. The Kier molecular flexibility index (Phi) is 9.58. The van der Waals surface area contributed by atoms with Gasteiger partial charge in [0, 0.05) is 5.56 Å². The van der Waals surface area contributed by atoms with Gasteiger partial charge in [0.05, 0.1) is 31.5 Å². The molecule has 9 heteroatoms. The molecule has 0 bridgehead atoms. The van der Waals surface area contributed by atoms with Crippen LogP contribution in [0.4, 0.5) is 0 Å². The van der Waals surface area contributed by atoms with Crippen LogP contribution in [0.1, 0.15) is 40.1 Å². The van der Waals surface area contributed by atoms with Crippen molar-refractivity contribution in [1.29, 1.82) is 0 Å². The lowest BCUT2D eigenvalue weighted by Gasteiger charge is -2.11. The molecule has 0 aromatic heterocycles. The summed E-state index contributed by atoms with van der Waals surface area (Å²) in [5.74, 6) is -0.0970. The highest BCUT2D eigenvalue weighted by Gasteiger charge is 2.13. The molecule has 0 aliphatic rings. The summed E-state index contributed by atoms with van der Waals surface area (Å²) in [5, 5.41) is 6.44. The average molecular weight is 490 g/mol. The zero-order valence-electron chi connectivity index (χ0n) is 20.0. The SMILES string of the molecule is CCOc1ccc(C(=O)NCC(=O)N/N=C\c2ccc(OC(=O)c3ccccc3)c(OCC)c2)cc1. The second kappa shape index (κ2) is 13.3. The molecule has 0 radical (unpaired) electrons. The van der Waals surface area contributed by atoms with Gasteiger partial charge in [0.15, 0.2) is 11.5 Å². The molecule has 2 N–H and O–H groups in total. The number of hydrogen-bond acceptors (Lipinski definition) is 7. The van der Waals surface area contributed by atoms with E-state index in [0.717, 1.165) is 0 Å². The third-order valence-corrected chi connectivity index (χ3v) is 4.72. The van der Waals surface area contributed by atoms with Crippen LogP contribution < -0.4 is 25.0 Å². The van der Waals surface area contributed by atoms with Crippen molar-refractivity contribution < 1.29 is 28.6 Å². The largest absolute Gasteiger partial charge is 0.494 e. The normalized spacial score (nSPS) is 10.5. The number of nitrogens with one attached hydrogen (secondary N) is 2. The van der Waals surface area contributed by atoms with Crippen LogP contribution in [0.25, 0.3) is 0 Å². The van der Waals surface area contributed by atoms with Gasteiger partial charge in [0.1, 0.15) is 5.75 Å². The first kappa shape index (κ1) is 26.0. The highest BCUT2D eigenvalue weighted by atomic mass is 16.6. The molecule has 0 spiro atoms. The molecule has 0 aliphatic carbocycles. The van der Waals surface area contributed by atoms with E-state index in [2.05, 4.69) is 15.8 Å². The Bertz CT molecular complexity index is 1210. The molecule has 0 heterocycles. The quantitative estimate of drug-likeness (QED) is 0.184. The Morgan fingerprint density at radius 2 is 1.56 bits per heavy atom. The van der Waals surface area contributed by atoms with E-state index in [1.165, 1.54) is 6.21 Å². The minimum Gasteiger partial charge on any atom is -0.494 e. The maximum absolute atomic E-state index is 12.4. The van der Waals surface area contributed by atoms with Gasteiger partial charge in [-0.05, 0) is 74.0 Å². The van der Waals surface area contributed by atoms with E-state index in [-0.39, 0.29) is 18.2 Å². The summed E-state index contributed by atoms with van der Waals surface area (Å²) >= 11 is 0. The molecule has 2 amide bonds. The number of ether oxygens (including phenoxy) is 3. The summed E-state index contributed by atoms with van der Waals surface area (Å²) in [4.78, 5) is 36.6. The van der Waals surface area contributed by atoms with Gasteiger partial charge in [-0.2, -0.15) is 5.10 Å². The van der Waals surface area contributed by atoms with Crippen LogP contribution in [0.5, 0.6) is 17.2 Å². The van der Waals surface area contributed by atoms with Crippen LogP contribution in [0.3, 0.4) is 0 Å². The number of esters is 1. The number of hydrogen-bond donors (Lipinski definition) is 2. The van der Waals surface area contributed by atoms with Gasteiger partial charge >= 0.3 is 5.97 Å². The zero-order valence-corrected chi connectivity index (χ0v) is 20.0. The fourth-order valence-electron chi connectivity index (χ4n) is 3.04. The van der Waals surface area contributed by atoms with Gasteiger partial charge < -0.3 is 19.5 Å². The van der Waals surface area contributed by atoms with Gasteiger partial charge in [0.2, 0.25) is 0 Å². The molecule has 186 valence electrons. The van der Waals surface area contributed by atoms with Crippen molar-refractivity contribution in [3.63, 3.8) is 0 Å². The van der Waals surface area contributed by atoms with Crippen molar-refractivity contribution in [3.8, 4) is 17.2 Å². The lowest BCUT2D eigenvalue weighted by atomic mass is 10.2. The Hall–Kier alpha value is -4.66. The van der Waals surface area contributed by atoms with E-state index in [1.807, 2.05) is 19.9 Å². The predicted octanol–water partition coefficient (Wildman–Crippen LogP) is 3.58. The molecule has 0 fully saturated rings. The van der Waals surface area contributed by atoms with E-state index in [4.69, 9.17) is 14.2 Å². The maximum Gasteiger partial charge on any atom is 0.343 e. The first-order valence-electron chi connectivity index (χ1n) is 11.4. The molecule has 9 nitrogen and oxygen atoms in total. The summed E-state index contributed by atoms with van der Waals surface area (Å²) in [6.45, 7) is 4.33. The molecule has 0 atom stereocenters. The highest BCUT2D eigenvalue weighted by Crippen LogP contribution is 2.29. The summed E-state index contributed by atoms with van der Waals surface area (Å²) < 4.78 is 16.4. The van der Waals surface area contributed by atoms with Crippen LogP contribution in [0, 0.1) is 0 Å². The molecule has 3 rings (SSSR count). The molecule has 3 aromatic rings. The second-order valence-electron chi connectivity index (χ2n) is 7.33. The molecule has 0 saturated carbocycles. The van der Waals surface area contributed by atoms with Crippen molar-refractivity contribution in [2.45, 2.75) is 13.8 Å². The monoisotopic (exact) mass is 489 g/mol. The Labute approximate surface area is 209 Å². The average Bonchev–Trinajstić information content (AvgIpc) is 2.90. The van der Waals surface area contributed by atoms with Gasteiger partial charge in [-0.25, -0.2) is 10.2 Å². The number of hydrazone groups is 1. The van der Waals surface area contributed by atoms with E-state index < -0.39 is 11.9 Å². The third kappa shape index (κ3) is 7.69. The Morgan fingerprint density at radius 1 is 0.833 bits per heavy atom. The van der Waals surface area contributed by atoms with Crippen molar-refractivity contribution in [3.05, 3.63) is 89.5 Å². The molecule has 3 aromatic carbocycles. The smallest absolute Gasteiger partial charge is 0.343 e. The minimum absolute atomic E-state index is 0.248. The van der Waals surface area contributed by atoms with Crippen LogP contribution in [-0.4, -0.2) is 43.8 Å². The molecular formula is C27H27N3O6. The van der Waals surface area contributed by atoms with Crippen molar-refractivity contribution in [1.82, 2.24) is 10.7 Å². The maximum atomic E-state index is 12.4. The number of nitrogens with zero attached hydrogens (tertiary/aromatic N) is 1. The molecule has 0 saturated heterocycles. The number of rotatable bonds is 11. The summed E-state index contributed by atoms with van der Waals surface area (Å²) in [7, 11) is 0. The van der Waals surface area contributed by atoms with Crippen LogP contribution in [0.15, 0.2) is 77.9 Å². The van der Waals surface area contributed by atoms with Crippen molar-refractivity contribution in [2.75, 3.05) is 19.8 Å². The summed E-state index contributed by atoms with van der Waals surface area (Å²) in [5.41, 5.74) is 3.79. The lowest BCUT2D eigenvalue weighted by molar-refractivity contribution is -0.120. The van der Waals surface area contributed by atoms with Gasteiger partial charge in [-0.15, -0.1) is 0 Å². The standard InChI is InChI=1S/C27H27N3O6/c1-3-34-22-13-11-20(12-14-22)26(32)28-18-25(31)30-29-17-19-10-15-23(24(16-19)35-4-2)36-27(33)21-8-6-5-7-9-21/h5-17H,3-4,18H2,1-2H3,(H,28,32)(H,30,31)/b29-17-. The summed E-state index contributed by atoms with van der Waals surface area (Å²) in [6.07, 6.45) is 1.41. The van der Waals surface area contributed by atoms with Gasteiger partial charge in [-0.1, -0.05) is 18.2 Å². The van der Waals surface area contributed by atoms with E-state index >= 15 is 0 Å². The fourth-order valence-corrected chi connectivity index (χ4v) is 3.04. The molecule has 36 heavy (non-hydrogen) atoms. The van der Waals surface area contributed by atoms with Crippen LogP contribution >= 0.6 is 0 Å². The van der Waals surface area contributed by atoms with Crippen LogP contribution in [-0.2, 0) is 4.79 Å². The number of amides is 2. The first-order chi connectivity index (χ1) is 17.5. The highest BCUT2D eigenvalue weighted by molar-refractivity contribution is 5.96. The van der Waals surface area contributed by atoms with Gasteiger partial charge in [-0.3, -0.25) is 9.59 Å². The van der Waals surface area contributed by atoms with E-state index in [9.17, 15) is 14.4 Å². The second-order valence-corrected chi connectivity index (χ2v) is 7.33. The van der Waals surface area contributed by atoms with Crippen molar-refractivity contribution in [2.24, 2.45) is 5.10 Å².